The van der Waals surface area contributed by atoms with Crippen molar-refractivity contribution < 1.29 is 0 Å². The topological polar surface area (TPSA) is 24.9 Å². The third kappa shape index (κ3) is 2.32. The molecular formula is C10H11BrN2S. The molecule has 0 bridgehead atoms. The number of aromatic nitrogens is 1. The Morgan fingerprint density at radius 3 is 3.00 bits per heavy atom. The van der Waals surface area contributed by atoms with Gasteiger partial charge in [-0.1, -0.05) is 28.1 Å². The van der Waals surface area contributed by atoms with Gasteiger partial charge in [0, 0.05) is 18.4 Å². The van der Waals surface area contributed by atoms with Gasteiger partial charge < -0.3 is 5.32 Å². The van der Waals surface area contributed by atoms with Crippen LogP contribution in [0, 0.1) is 0 Å². The van der Waals surface area contributed by atoms with Crippen LogP contribution in [0.2, 0.25) is 0 Å². The fraction of sp³-hybridized carbons (Fsp3) is 0.300. The molecule has 4 heteroatoms. The van der Waals surface area contributed by atoms with Gasteiger partial charge in [-0.3, -0.25) is 0 Å². The predicted octanol–water partition coefficient (Wildman–Crippen LogP) is 2.78. The second kappa shape index (κ2) is 4.87. The number of hydrogen-bond acceptors (Lipinski definition) is 3. The summed E-state index contributed by atoms with van der Waals surface area (Å²) in [5, 5.41) is 5.46. The summed E-state index contributed by atoms with van der Waals surface area (Å²) in [5.74, 6) is 0. The Bertz CT molecular complexity index is 380. The van der Waals surface area contributed by atoms with Crippen LogP contribution in [0.5, 0.6) is 0 Å². The molecule has 0 saturated carbocycles. The van der Waals surface area contributed by atoms with Crippen LogP contribution < -0.4 is 5.32 Å². The minimum absolute atomic E-state index is 0.866. The van der Waals surface area contributed by atoms with Crippen LogP contribution >= 0.6 is 27.3 Å². The Hall–Kier alpha value is -0.450. The maximum absolute atomic E-state index is 4.53. The number of thiazole rings is 1. The number of alkyl halides is 1. The summed E-state index contributed by atoms with van der Waals surface area (Å²) in [7, 11) is 0. The van der Waals surface area contributed by atoms with E-state index in [-0.39, 0.29) is 0 Å². The van der Waals surface area contributed by atoms with Gasteiger partial charge in [0.2, 0.25) is 0 Å². The van der Waals surface area contributed by atoms with Gasteiger partial charge in [0.15, 0.2) is 0 Å². The molecule has 1 N–H and O–H groups in total. The highest BCUT2D eigenvalue weighted by Gasteiger charge is 2.01. The first-order chi connectivity index (χ1) is 6.90. The Morgan fingerprint density at radius 2 is 2.21 bits per heavy atom. The average molecular weight is 271 g/mol. The fourth-order valence-corrected chi connectivity index (χ4v) is 2.47. The molecular weight excluding hydrogens is 260 g/mol. The minimum atomic E-state index is 0.866. The van der Waals surface area contributed by atoms with Crippen LogP contribution in [0.25, 0.3) is 10.2 Å². The summed E-state index contributed by atoms with van der Waals surface area (Å²) < 4.78 is 1.27. The van der Waals surface area contributed by atoms with Gasteiger partial charge in [-0.05, 0) is 12.1 Å². The molecule has 0 aliphatic rings. The summed E-state index contributed by atoms with van der Waals surface area (Å²) >= 11 is 5.14. The van der Waals surface area contributed by atoms with Crippen molar-refractivity contribution in [3.05, 3.63) is 29.3 Å². The highest BCUT2D eigenvalue weighted by molar-refractivity contribution is 9.09. The van der Waals surface area contributed by atoms with Gasteiger partial charge in [0.05, 0.1) is 10.2 Å². The molecule has 0 saturated heterocycles. The average Bonchev–Trinajstić information content (AvgIpc) is 2.60. The summed E-state index contributed by atoms with van der Waals surface area (Å²) in [6.07, 6.45) is 0. The Kier molecular flexibility index (Phi) is 3.50. The first-order valence-corrected chi connectivity index (χ1v) is 6.45. The molecule has 0 spiro atoms. The molecule has 0 aliphatic heterocycles. The Balaban J connectivity index is 2.11. The van der Waals surface area contributed by atoms with Crippen LogP contribution in [0.15, 0.2) is 24.3 Å². The van der Waals surface area contributed by atoms with Crippen LogP contribution in [-0.2, 0) is 6.54 Å². The Labute approximate surface area is 95.5 Å². The van der Waals surface area contributed by atoms with Gasteiger partial charge in [0.1, 0.15) is 5.01 Å². The van der Waals surface area contributed by atoms with E-state index in [2.05, 4.69) is 44.4 Å². The number of halogens is 1. The van der Waals surface area contributed by atoms with Crippen molar-refractivity contribution in [2.75, 3.05) is 11.9 Å². The van der Waals surface area contributed by atoms with Crippen molar-refractivity contribution in [1.29, 1.82) is 0 Å². The summed E-state index contributed by atoms with van der Waals surface area (Å²) in [5.41, 5.74) is 1.10. The highest BCUT2D eigenvalue weighted by Crippen LogP contribution is 2.20. The predicted molar refractivity (Wildman–Crippen MR) is 65.1 cm³/mol. The molecule has 1 heterocycles. The lowest BCUT2D eigenvalue weighted by atomic mass is 10.3. The monoisotopic (exact) mass is 270 g/mol. The number of para-hydroxylation sites is 1. The van der Waals surface area contributed by atoms with Crippen molar-refractivity contribution in [2.45, 2.75) is 6.54 Å². The Morgan fingerprint density at radius 1 is 1.36 bits per heavy atom. The van der Waals surface area contributed by atoms with E-state index < -0.39 is 0 Å². The molecule has 74 valence electrons. The second-order valence-electron chi connectivity index (χ2n) is 2.94. The maximum atomic E-state index is 4.53. The zero-order valence-electron chi connectivity index (χ0n) is 7.66. The number of benzene rings is 1. The van der Waals surface area contributed by atoms with Crippen molar-refractivity contribution >= 4 is 37.5 Å². The molecule has 0 fully saturated rings. The first-order valence-electron chi connectivity index (χ1n) is 4.51. The van der Waals surface area contributed by atoms with E-state index in [4.69, 9.17) is 0 Å². The van der Waals surface area contributed by atoms with E-state index in [1.807, 2.05) is 6.07 Å². The van der Waals surface area contributed by atoms with Crippen LogP contribution in [-0.4, -0.2) is 16.9 Å². The van der Waals surface area contributed by atoms with E-state index in [1.165, 1.54) is 4.70 Å². The largest absolute Gasteiger partial charge is 0.310 e. The van der Waals surface area contributed by atoms with Crippen LogP contribution in [0.1, 0.15) is 5.01 Å². The lowest BCUT2D eigenvalue weighted by Gasteiger charge is -1.96. The maximum Gasteiger partial charge on any atom is 0.108 e. The lowest BCUT2D eigenvalue weighted by molar-refractivity contribution is 0.731. The molecule has 14 heavy (non-hydrogen) atoms. The summed E-state index contributed by atoms with van der Waals surface area (Å²) in [6.45, 7) is 1.85. The van der Waals surface area contributed by atoms with Gasteiger partial charge in [0.25, 0.3) is 0 Å². The zero-order chi connectivity index (χ0) is 9.80. The molecule has 0 aliphatic carbocycles. The quantitative estimate of drug-likeness (QED) is 0.683. The molecule has 1 aromatic heterocycles. The summed E-state index contributed by atoms with van der Waals surface area (Å²) in [6, 6.07) is 8.24. The van der Waals surface area contributed by atoms with E-state index in [0.717, 1.165) is 28.9 Å². The molecule has 2 nitrogen and oxygen atoms in total. The summed E-state index contributed by atoms with van der Waals surface area (Å²) in [4.78, 5) is 4.53. The van der Waals surface area contributed by atoms with Crippen LogP contribution in [0.4, 0.5) is 0 Å². The molecule has 1 aromatic carbocycles. The van der Waals surface area contributed by atoms with Gasteiger partial charge in [-0.2, -0.15) is 0 Å². The number of fused-ring (bicyclic) bond motifs is 1. The van der Waals surface area contributed by atoms with E-state index in [9.17, 15) is 0 Å². The van der Waals surface area contributed by atoms with E-state index in [1.54, 1.807) is 11.3 Å². The minimum Gasteiger partial charge on any atom is -0.310 e. The molecule has 0 amide bonds. The molecule has 0 unspecified atom stereocenters. The van der Waals surface area contributed by atoms with Gasteiger partial charge in [-0.15, -0.1) is 11.3 Å². The SMILES string of the molecule is BrCCNCc1nc2ccccc2s1. The van der Waals surface area contributed by atoms with Crippen molar-refractivity contribution in [3.8, 4) is 0 Å². The second-order valence-corrected chi connectivity index (χ2v) is 4.85. The van der Waals surface area contributed by atoms with Gasteiger partial charge in [-0.25, -0.2) is 4.98 Å². The standard InChI is InChI=1S/C10H11BrN2S/c11-5-6-12-7-10-13-8-3-1-2-4-9(8)14-10/h1-4,12H,5-7H2. The molecule has 0 atom stereocenters. The van der Waals surface area contributed by atoms with E-state index in [0.29, 0.717) is 0 Å². The number of nitrogens with zero attached hydrogens (tertiary/aromatic N) is 1. The third-order valence-electron chi connectivity index (χ3n) is 1.89. The molecule has 2 rings (SSSR count). The number of hydrogen-bond donors (Lipinski definition) is 1. The molecule has 0 radical (unpaired) electrons. The highest BCUT2D eigenvalue weighted by atomic mass is 79.9. The fourth-order valence-electron chi connectivity index (χ4n) is 1.26. The van der Waals surface area contributed by atoms with Crippen molar-refractivity contribution in [3.63, 3.8) is 0 Å². The third-order valence-corrected chi connectivity index (χ3v) is 3.32. The number of nitrogens with one attached hydrogen (secondary N) is 1. The van der Waals surface area contributed by atoms with Crippen LogP contribution in [0.3, 0.4) is 0 Å². The van der Waals surface area contributed by atoms with Crippen molar-refractivity contribution in [2.24, 2.45) is 0 Å². The van der Waals surface area contributed by atoms with Crippen molar-refractivity contribution in [1.82, 2.24) is 10.3 Å². The lowest BCUT2D eigenvalue weighted by Crippen LogP contribution is -2.15. The normalized spacial score (nSPS) is 10.9. The zero-order valence-corrected chi connectivity index (χ0v) is 10.1. The number of rotatable bonds is 4. The van der Waals surface area contributed by atoms with Gasteiger partial charge >= 0.3 is 0 Å². The molecule has 2 aromatic rings. The van der Waals surface area contributed by atoms with E-state index >= 15 is 0 Å². The first kappa shape index (κ1) is 10.1. The smallest absolute Gasteiger partial charge is 0.108 e.